The fourth-order valence-electron chi connectivity index (χ4n) is 1.85. The molecule has 0 saturated carbocycles. The van der Waals surface area contributed by atoms with Crippen molar-refractivity contribution < 1.29 is 13.5 Å². The van der Waals surface area contributed by atoms with Crippen LogP contribution in [-0.4, -0.2) is 13.5 Å². The van der Waals surface area contributed by atoms with Crippen LogP contribution >= 0.6 is 0 Å². The molecule has 112 valence electrons. The average Bonchev–Trinajstić information content (AvgIpc) is 2.42. The van der Waals surface area contributed by atoms with Gasteiger partial charge in [0.2, 0.25) is 0 Å². The number of sulfonamides is 1. The minimum absolute atomic E-state index is 0.00531. The van der Waals surface area contributed by atoms with Crippen LogP contribution in [0.3, 0.4) is 0 Å². The summed E-state index contributed by atoms with van der Waals surface area (Å²) in [5.41, 5.74) is 7.15. The lowest BCUT2D eigenvalue weighted by Gasteiger charge is -2.11. The highest BCUT2D eigenvalue weighted by atomic mass is 32.2. The van der Waals surface area contributed by atoms with Crippen molar-refractivity contribution in [1.82, 2.24) is 0 Å². The molecule has 0 bridgehead atoms. The predicted molar refractivity (Wildman–Crippen MR) is 83.9 cm³/mol. The molecule has 0 heterocycles. The van der Waals surface area contributed by atoms with Crippen molar-refractivity contribution >= 4 is 21.4 Å². The Hall–Kier alpha value is -2.21. The zero-order valence-corrected chi connectivity index (χ0v) is 12.7. The molecule has 0 fully saturated rings. The summed E-state index contributed by atoms with van der Waals surface area (Å²) in [4.78, 5) is 0.00531. The maximum absolute atomic E-state index is 12.2. The monoisotopic (exact) mass is 306 g/mol. The number of benzene rings is 2. The van der Waals surface area contributed by atoms with E-state index in [-0.39, 0.29) is 16.3 Å². The summed E-state index contributed by atoms with van der Waals surface area (Å²) in [7, 11) is -3.73. The normalized spacial score (nSPS) is 11.6. The van der Waals surface area contributed by atoms with E-state index in [2.05, 4.69) is 18.6 Å². The van der Waals surface area contributed by atoms with Crippen LogP contribution in [0.4, 0.5) is 11.4 Å². The molecule has 0 radical (unpaired) electrons. The molecule has 0 aromatic heterocycles. The Balaban J connectivity index is 2.26. The lowest BCUT2D eigenvalue weighted by atomic mass is 10.0. The average molecular weight is 306 g/mol. The Labute approximate surface area is 124 Å². The molecule has 0 unspecified atom stereocenters. The van der Waals surface area contributed by atoms with Crippen molar-refractivity contribution in [3.63, 3.8) is 0 Å². The van der Waals surface area contributed by atoms with E-state index in [1.165, 1.54) is 18.2 Å². The van der Waals surface area contributed by atoms with Gasteiger partial charge >= 0.3 is 0 Å². The number of phenolic OH excluding ortho intramolecular Hbond substituents is 1. The van der Waals surface area contributed by atoms with E-state index in [4.69, 9.17) is 5.73 Å². The van der Waals surface area contributed by atoms with E-state index in [0.717, 1.165) is 5.56 Å². The fraction of sp³-hybridized carbons (Fsp3) is 0.200. The SMILES string of the molecule is CC(C)c1ccc(NS(=O)(=O)c2ccc(O)c(N)c2)cc1. The zero-order valence-electron chi connectivity index (χ0n) is 11.9. The van der Waals surface area contributed by atoms with Crippen LogP contribution in [0.1, 0.15) is 25.3 Å². The van der Waals surface area contributed by atoms with Crippen molar-refractivity contribution in [3.8, 4) is 5.75 Å². The highest BCUT2D eigenvalue weighted by Crippen LogP contribution is 2.25. The van der Waals surface area contributed by atoms with Crippen molar-refractivity contribution in [1.29, 1.82) is 0 Å². The number of hydrogen-bond donors (Lipinski definition) is 3. The number of nitrogen functional groups attached to an aromatic ring is 1. The van der Waals surface area contributed by atoms with Gasteiger partial charge in [0.1, 0.15) is 5.75 Å². The zero-order chi connectivity index (χ0) is 15.6. The Kier molecular flexibility index (Phi) is 4.09. The number of nitrogens with one attached hydrogen (secondary N) is 1. The number of anilines is 2. The van der Waals surface area contributed by atoms with Gasteiger partial charge in [0.25, 0.3) is 10.0 Å². The van der Waals surface area contributed by atoms with E-state index in [9.17, 15) is 13.5 Å². The maximum Gasteiger partial charge on any atom is 0.261 e. The van der Waals surface area contributed by atoms with Crippen LogP contribution in [0, 0.1) is 0 Å². The van der Waals surface area contributed by atoms with Crippen molar-refractivity contribution in [2.75, 3.05) is 10.5 Å². The van der Waals surface area contributed by atoms with Gasteiger partial charge in [-0.05, 0) is 41.8 Å². The van der Waals surface area contributed by atoms with Gasteiger partial charge in [0.05, 0.1) is 10.6 Å². The van der Waals surface area contributed by atoms with Crippen LogP contribution in [0.15, 0.2) is 47.4 Å². The number of aromatic hydroxyl groups is 1. The summed E-state index contributed by atoms with van der Waals surface area (Å²) in [6, 6.07) is 11.0. The molecule has 0 saturated heterocycles. The third kappa shape index (κ3) is 3.46. The molecule has 0 atom stereocenters. The highest BCUT2D eigenvalue weighted by Gasteiger charge is 2.15. The van der Waals surface area contributed by atoms with Crippen LogP contribution in [0.2, 0.25) is 0 Å². The fourth-order valence-corrected chi connectivity index (χ4v) is 2.94. The minimum atomic E-state index is -3.73. The first-order valence-electron chi connectivity index (χ1n) is 6.51. The van der Waals surface area contributed by atoms with Crippen LogP contribution in [0.5, 0.6) is 5.75 Å². The second kappa shape index (κ2) is 5.65. The molecule has 0 aliphatic carbocycles. The summed E-state index contributed by atoms with van der Waals surface area (Å²) in [6.07, 6.45) is 0. The van der Waals surface area contributed by atoms with Gasteiger partial charge in [-0.15, -0.1) is 0 Å². The van der Waals surface area contributed by atoms with Gasteiger partial charge in [-0.25, -0.2) is 8.42 Å². The first-order chi connectivity index (χ1) is 9.79. The van der Waals surface area contributed by atoms with Gasteiger partial charge in [-0.3, -0.25) is 4.72 Å². The van der Waals surface area contributed by atoms with E-state index in [1.54, 1.807) is 12.1 Å². The molecule has 0 aliphatic heterocycles. The maximum atomic E-state index is 12.2. The van der Waals surface area contributed by atoms with Crippen LogP contribution < -0.4 is 10.5 Å². The molecule has 6 heteroatoms. The third-order valence-electron chi connectivity index (χ3n) is 3.14. The minimum Gasteiger partial charge on any atom is -0.506 e. The molecule has 21 heavy (non-hydrogen) atoms. The highest BCUT2D eigenvalue weighted by molar-refractivity contribution is 7.92. The lowest BCUT2D eigenvalue weighted by molar-refractivity contribution is 0.477. The number of rotatable bonds is 4. The summed E-state index contributed by atoms with van der Waals surface area (Å²) >= 11 is 0. The number of nitrogens with two attached hydrogens (primary N) is 1. The summed E-state index contributed by atoms with van der Waals surface area (Å²) in [5, 5.41) is 9.34. The predicted octanol–water partition coefficient (Wildman–Crippen LogP) is 2.90. The van der Waals surface area contributed by atoms with E-state index in [1.807, 2.05) is 12.1 Å². The Morgan fingerprint density at radius 2 is 1.71 bits per heavy atom. The van der Waals surface area contributed by atoms with E-state index >= 15 is 0 Å². The summed E-state index contributed by atoms with van der Waals surface area (Å²) in [5.74, 6) is 0.239. The van der Waals surface area contributed by atoms with E-state index < -0.39 is 10.0 Å². The molecule has 0 aliphatic rings. The second-order valence-electron chi connectivity index (χ2n) is 5.10. The van der Waals surface area contributed by atoms with Gasteiger partial charge in [0, 0.05) is 5.69 Å². The topological polar surface area (TPSA) is 92.4 Å². The van der Waals surface area contributed by atoms with Gasteiger partial charge < -0.3 is 10.8 Å². The molecule has 2 rings (SSSR count). The molecule has 2 aromatic carbocycles. The summed E-state index contributed by atoms with van der Waals surface area (Å²) in [6.45, 7) is 4.14. The number of hydrogen-bond acceptors (Lipinski definition) is 4. The standard InChI is InChI=1S/C15H18N2O3S/c1-10(2)11-3-5-12(6-4-11)17-21(19,20)13-7-8-15(18)14(16)9-13/h3-10,17-18H,16H2,1-2H3. The molecular weight excluding hydrogens is 288 g/mol. The van der Waals surface area contributed by atoms with Gasteiger partial charge in [-0.1, -0.05) is 26.0 Å². The van der Waals surface area contributed by atoms with Crippen molar-refractivity contribution in [2.45, 2.75) is 24.7 Å². The van der Waals surface area contributed by atoms with Crippen molar-refractivity contribution in [2.24, 2.45) is 0 Å². The van der Waals surface area contributed by atoms with Crippen LogP contribution in [0.25, 0.3) is 0 Å². The largest absolute Gasteiger partial charge is 0.506 e. The molecule has 0 spiro atoms. The quantitative estimate of drug-likeness (QED) is 0.598. The molecule has 4 N–H and O–H groups in total. The third-order valence-corrected chi connectivity index (χ3v) is 4.52. The van der Waals surface area contributed by atoms with Crippen molar-refractivity contribution in [3.05, 3.63) is 48.0 Å². The lowest BCUT2D eigenvalue weighted by Crippen LogP contribution is -2.13. The molecule has 5 nitrogen and oxygen atoms in total. The molecule has 0 amide bonds. The Bertz CT molecular complexity index is 738. The first kappa shape index (κ1) is 15.2. The Morgan fingerprint density at radius 1 is 1.10 bits per heavy atom. The molecular formula is C15H18N2O3S. The number of phenols is 1. The van der Waals surface area contributed by atoms with Gasteiger partial charge in [0.15, 0.2) is 0 Å². The smallest absolute Gasteiger partial charge is 0.261 e. The van der Waals surface area contributed by atoms with Crippen LogP contribution in [-0.2, 0) is 10.0 Å². The van der Waals surface area contributed by atoms with E-state index in [0.29, 0.717) is 11.6 Å². The second-order valence-corrected chi connectivity index (χ2v) is 6.79. The Morgan fingerprint density at radius 3 is 2.24 bits per heavy atom. The first-order valence-corrected chi connectivity index (χ1v) is 7.99. The summed E-state index contributed by atoms with van der Waals surface area (Å²) < 4.78 is 27.0. The van der Waals surface area contributed by atoms with Gasteiger partial charge in [-0.2, -0.15) is 0 Å². The molecule has 2 aromatic rings.